The van der Waals surface area contributed by atoms with Gasteiger partial charge in [0, 0.05) is 25.2 Å². The molecule has 1 unspecified atom stereocenters. The minimum absolute atomic E-state index is 0. The predicted octanol–water partition coefficient (Wildman–Crippen LogP) is 3.18. The Balaban J connectivity index is 0.00000392. The van der Waals surface area contributed by atoms with E-state index < -0.39 is 10.0 Å². The van der Waals surface area contributed by atoms with Crippen LogP contribution in [0.1, 0.15) is 36.5 Å². The van der Waals surface area contributed by atoms with E-state index >= 15 is 0 Å². The van der Waals surface area contributed by atoms with Crippen molar-refractivity contribution in [3.05, 3.63) is 60.2 Å². The van der Waals surface area contributed by atoms with E-state index in [0.717, 1.165) is 19.3 Å². The molecule has 3 N–H and O–H groups in total. The number of carbonyl (C=O) groups is 1. The lowest BCUT2D eigenvalue weighted by molar-refractivity contribution is 0.0935. The number of anilines is 1. The number of sulfonamides is 1. The number of carbonyl (C=O) groups excluding carboxylic acids is 1. The van der Waals surface area contributed by atoms with E-state index in [9.17, 15) is 13.2 Å². The first-order chi connectivity index (χ1) is 12.9. The Bertz CT molecular complexity index is 860. The molecule has 0 bridgehead atoms. The molecular weight excluding hydrogens is 398 g/mol. The summed E-state index contributed by atoms with van der Waals surface area (Å²) in [5.74, 6) is -0.319. The third kappa shape index (κ3) is 5.95. The lowest BCUT2D eigenvalue weighted by atomic mass is 10.1. The number of nitrogens with one attached hydrogen (secondary N) is 1. The van der Waals surface area contributed by atoms with E-state index in [2.05, 4.69) is 12.2 Å². The molecule has 0 aromatic heterocycles. The summed E-state index contributed by atoms with van der Waals surface area (Å²) in [5.41, 5.74) is 6.58. The van der Waals surface area contributed by atoms with Crippen molar-refractivity contribution in [3.63, 3.8) is 0 Å². The monoisotopic (exact) mass is 425 g/mol. The summed E-state index contributed by atoms with van der Waals surface area (Å²) in [6.45, 7) is 2.42. The van der Waals surface area contributed by atoms with Gasteiger partial charge in [0.05, 0.1) is 10.6 Å². The second-order valence-electron chi connectivity index (χ2n) is 6.38. The van der Waals surface area contributed by atoms with Gasteiger partial charge >= 0.3 is 0 Å². The third-order valence-electron chi connectivity index (χ3n) is 4.40. The molecule has 2 aromatic rings. The normalized spacial score (nSPS) is 12.0. The van der Waals surface area contributed by atoms with Crippen LogP contribution in [0.15, 0.2) is 59.5 Å². The van der Waals surface area contributed by atoms with E-state index in [0.29, 0.717) is 17.8 Å². The Kier molecular flexibility index (Phi) is 9.45. The minimum Gasteiger partial charge on any atom is -0.348 e. The van der Waals surface area contributed by atoms with Crippen LogP contribution in [0.25, 0.3) is 0 Å². The number of unbranched alkanes of at least 4 members (excludes halogenated alkanes) is 1. The second kappa shape index (κ2) is 11.0. The number of para-hydroxylation sites is 1. The number of nitrogens with zero attached hydrogens (tertiary/aromatic N) is 1. The minimum atomic E-state index is -3.77. The predicted molar refractivity (Wildman–Crippen MR) is 116 cm³/mol. The maximum absolute atomic E-state index is 12.9. The highest BCUT2D eigenvalue weighted by molar-refractivity contribution is 7.92. The second-order valence-corrected chi connectivity index (χ2v) is 8.35. The average Bonchev–Trinajstić information content (AvgIpc) is 2.71. The molecule has 0 heterocycles. The number of halogens is 1. The van der Waals surface area contributed by atoms with Gasteiger partial charge in [0.25, 0.3) is 15.9 Å². The molecule has 0 saturated carbocycles. The third-order valence-corrected chi connectivity index (χ3v) is 6.18. The van der Waals surface area contributed by atoms with Gasteiger partial charge in [-0.3, -0.25) is 9.10 Å². The van der Waals surface area contributed by atoms with E-state index in [1.165, 1.54) is 23.5 Å². The van der Waals surface area contributed by atoms with Crippen molar-refractivity contribution in [2.24, 2.45) is 5.73 Å². The molecule has 6 nitrogen and oxygen atoms in total. The molecule has 0 radical (unpaired) electrons. The van der Waals surface area contributed by atoms with Crippen LogP contribution >= 0.6 is 12.4 Å². The SMILES string of the molecule is CCCCC(CN)NC(=O)c1cccc(S(=O)(=O)N(C)c2ccccc2)c1.Cl. The average molecular weight is 426 g/mol. The Hall–Kier alpha value is -2.09. The summed E-state index contributed by atoms with van der Waals surface area (Å²) in [6.07, 6.45) is 2.79. The zero-order valence-electron chi connectivity index (χ0n) is 16.2. The molecule has 2 aromatic carbocycles. The summed E-state index contributed by atoms with van der Waals surface area (Å²) in [7, 11) is -2.27. The summed E-state index contributed by atoms with van der Waals surface area (Å²) < 4.78 is 27.0. The molecule has 154 valence electrons. The van der Waals surface area contributed by atoms with Crippen LogP contribution in [0, 0.1) is 0 Å². The topological polar surface area (TPSA) is 92.5 Å². The quantitative estimate of drug-likeness (QED) is 0.645. The first kappa shape index (κ1) is 23.9. The maximum atomic E-state index is 12.9. The van der Waals surface area contributed by atoms with Gasteiger partial charge in [-0.05, 0) is 36.8 Å². The Labute approximate surface area is 173 Å². The first-order valence-electron chi connectivity index (χ1n) is 9.05. The lowest BCUT2D eigenvalue weighted by Crippen LogP contribution is -2.40. The number of rotatable bonds is 9. The zero-order valence-corrected chi connectivity index (χ0v) is 17.8. The molecule has 0 fully saturated rings. The number of hydrogen-bond donors (Lipinski definition) is 2. The van der Waals surface area contributed by atoms with Crippen LogP contribution in [0.5, 0.6) is 0 Å². The molecule has 2 rings (SSSR count). The molecule has 8 heteroatoms. The Morgan fingerprint density at radius 3 is 2.43 bits per heavy atom. The molecule has 0 spiro atoms. The Morgan fingerprint density at radius 1 is 1.14 bits per heavy atom. The summed E-state index contributed by atoms with van der Waals surface area (Å²) in [4.78, 5) is 12.6. The highest BCUT2D eigenvalue weighted by atomic mass is 35.5. The number of amides is 1. The molecule has 1 amide bonds. The molecule has 1 atom stereocenters. The largest absolute Gasteiger partial charge is 0.348 e. The highest BCUT2D eigenvalue weighted by Crippen LogP contribution is 2.22. The molecule has 0 aliphatic rings. The van der Waals surface area contributed by atoms with Crippen LogP contribution in [-0.2, 0) is 10.0 Å². The van der Waals surface area contributed by atoms with Crippen molar-refractivity contribution >= 4 is 34.0 Å². The van der Waals surface area contributed by atoms with Crippen LogP contribution in [0.4, 0.5) is 5.69 Å². The van der Waals surface area contributed by atoms with Gasteiger partial charge in [-0.1, -0.05) is 44.0 Å². The van der Waals surface area contributed by atoms with Gasteiger partial charge < -0.3 is 11.1 Å². The van der Waals surface area contributed by atoms with Crippen LogP contribution in [-0.4, -0.2) is 34.0 Å². The van der Waals surface area contributed by atoms with Gasteiger partial charge in [-0.2, -0.15) is 0 Å². The van der Waals surface area contributed by atoms with Gasteiger partial charge in [0.2, 0.25) is 0 Å². The zero-order chi connectivity index (χ0) is 19.9. The van der Waals surface area contributed by atoms with Crippen molar-refractivity contribution in [1.82, 2.24) is 5.32 Å². The number of hydrogen-bond acceptors (Lipinski definition) is 4. The Morgan fingerprint density at radius 2 is 1.82 bits per heavy atom. The highest BCUT2D eigenvalue weighted by Gasteiger charge is 2.22. The fourth-order valence-corrected chi connectivity index (χ4v) is 3.94. The molecule has 0 aliphatic heterocycles. The van der Waals surface area contributed by atoms with E-state index in [4.69, 9.17) is 5.73 Å². The van der Waals surface area contributed by atoms with Crippen molar-refractivity contribution in [2.45, 2.75) is 37.1 Å². The van der Waals surface area contributed by atoms with Gasteiger partial charge in [0.1, 0.15) is 0 Å². The van der Waals surface area contributed by atoms with Crippen LogP contribution in [0.2, 0.25) is 0 Å². The van der Waals surface area contributed by atoms with Gasteiger partial charge in [0.15, 0.2) is 0 Å². The smallest absolute Gasteiger partial charge is 0.264 e. The van der Waals surface area contributed by atoms with Crippen LogP contribution < -0.4 is 15.4 Å². The summed E-state index contributed by atoms with van der Waals surface area (Å²) in [5, 5.41) is 2.88. The molecule has 0 saturated heterocycles. The van der Waals surface area contributed by atoms with Crippen molar-refractivity contribution in [1.29, 1.82) is 0 Å². The van der Waals surface area contributed by atoms with Crippen molar-refractivity contribution in [3.8, 4) is 0 Å². The van der Waals surface area contributed by atoms with Crippen LogP contribution in [0.3, 0.4) is 0 Å². The fraction of sp³-hybridized carbons (Fsp3) is 0.350. The lowest BCUT2D eigenvalue weighted by Gasteiger charge is -2.20. The van der Waals surface area contributed by atoms with Crippen molar-refractivity contribution in [2.75, 3.05) is 17.9 Å². The summed E-state index contributed by atoms with van der Waals surface area (Å²) >= 11 is 0. The number of nitrogens with two attached hydrogens (primary N) is 1. The van der Waals surface area contributed by atoms with Gasteiger partial charge in [-0.15, -0.1) is 12.4 Å². The van der Waals surface area contributed by atoms with E-state index in [1.807, 2.05) is 6.07 Å². The van der Waals surface area contributed by atoms with E-state index in [-0.39, 0.29) is 29.3 Å². The standard InChI is InChI=1S/C20H27N3O3S.ClH/c1-3-4-10-17(15-21)22-20(24)16-9-8-13-19(14-16)27(25,26)23(2)18-11-6-5-7-12-18;/h5-9,11-14,17H,3-4,10,15,21H2,1-2H3,(H,22,24);1H. The molecule has 0 aliphatic carbocycles. The number of benzene rings is 2. The summed E-state index contributed by atoms with van der Waals surface area (Å²) in [6, 6.07) is 14.7. The maximum Gasteiger partial charge on any atom is 0.264 e. The first-order valence-corrected chi connectivity index (χ1v) is 10.5. The molecule has 28 heavy (non-hydrogen) atoms. The van der Waals surface area contributed by atoms with Gasteiger partial charge in [-0.25, -0.2) is 8.42 Å². The molecular formula is C20H28ClN3O3S. The van der Waals surface area contributed by atoms with E-state index in [1.54, 1.807) is 36.4 Å². The fourth-order valence-electron chi connectivity index (χ4n) is 2.70. The van der Waals surface area contributed by atoms with Crippen molar-refractivity contribution < 1.29 is 13.2 Å².